The summed E-state index contributed by atoms with van der Waals surface area (Å²) >= 11 is 3.72. The van der Waals surface area contributed by atoms with Crippen molar-refractivity contribution in [3.8, 4) is 0 Å². The number of nitrogens with one attached hydrogen (secondary N) is 1. The van der Waals surface area contributed by atoms with Gasteiger partial charge in [-0.25, -0.2) is 0 Å². The second kappa shape index (κ2) is 16.7. The third-order valence-electron chi connectivity index (χ3n) is 10.2. The summed E-state index contributed by atoms with van der Waals surface area (Å²) in [5, 5.41) is 13.3. The number of carbonyl (C=O) groups excluding carboxylic acids is 4. The van der Waals surface area contributed by atoms with Crippen LogP contribution in [0.5, 0.6) is 0 Å². The quantitative estimate of drug-likeness (QED) is 0.140. The van der Waals surface area contributed by atoms with Gasteiger partial charge >= 0.3 is 5.97 Å². The average molecular weight is 746 g/mol. The Bertz CT molecular complexity index is 1360. The molecule has 4 aliphatic rings. The van der Waals surface area contributed by atoms with Gasteiger partial charge in [-0.15, -0.1) is 13.2 Å². The molecule has 1 unspecified atom stereocenters. The summed E-state index contributed by atoms with van der Waals surface area (Å²) in [6, 6.07) is 7.42. The number of allylic oxidation sites excluding steroid dienone is 1. The summed E-state index contributed by atoms with van der Waals surface area (Å²) in [7, 11) is 0. The summed E-state index contributed by atoms with van der Waals surface area (Å²) in [4.78, 5) is 61.1. The standard InChI is InChI=1S/C36H49BrN4O8/c1-4-7-13-28(43)38-22-27(24-11-9-8-10-12-24)48-35(46)29-30-33(44)41(25(6-3)23-42)32(36(30)21-26(37)31(29)49-36)34(45)40(14-5-2)16-15-39-17-19-47-20-18-39/h4-5,8-12,25-27,29-32,42H,1-2,6-7,13-23H2,3H3,(H,38,43)/t25-,26?,27+,29-,30+,31-,32-,36+/m0/s1. The third-order valence-corrected chi connectivity index (χ3v) is 11.1. The number of amides is 3. The fourth-order valence-electron chi connectivity index (χ4n) is 7.77. The predicted octanol–water partition coefficient (Wildman–Crippen LogP) is 2.22. The van der Waals surface area contributed by atoms with Gasteiger partial charge in [0.05, 0.1) is 50.3 Å². The summed E-state index contributed by atoms with van der Waals surface area (Å²) in [5.74, 6) is -3.53. The highest BCUT2D eigenvalue weighted by molar-refractivity contribution is 9.09. The van der Waals surface area contributed by atoms with Gasteiger partial charge in [-0.05, 0) is 24.8 Å². The molecule has 0 radical (unpaired) electrons. The number of aliphatic hydroxyl groups is 1. The van der Waals surface area contributed by atoms with Crippen LogP contribution in [0.2, 0.25) is 0 Å². The Labute approximate surface area is 296 Å². The average Bonchev–Trinajstić information content (AvgIpc) is 3.72. The first-order valence-electron chi connectivity index (χ1n) is 17.3. The minimum absolute atomic E-state index is 0.0424. The number of hydrogen-bond donors (Lipinski definition) is 2. The smallest absolute Gasteiger partial charge is 0.313 e. The van der Waals surface area contributed by atoms with Crippen molar-refractivity contribution in [1.82, 2.24) is 20.0 Å². The Morgan fingerprint density at radius 1 is 1.20 bits per heavy atom. The highest BCUT2D eigenvalue weighted by Gasteiger charge is 2.77. The maximum Gasteiger partial charge on any atom is 0.313 e. The van der Waals surface area contributed by atoms with Gasteiger partial charge < -0.3 is 34.4 Å². The van der Waals surface area contributed by atoms with E-state index in [0.717, 1.165) is 13.1 Å². The van der Waals surface area contributed by atoms with Crippen LogP contribution in [-0.4, -0.2) is 131 Å². The van der Waals surface area contributed by atoms with Crippen molar-refractivity contribution >= 4 is 39.6 Å². The predicted molar refractivity (Wildman–Crippen MR) is 185 cm³/mol. The Kier molecular flexibility index (Phi) is 12.7. The molecule has 268 valence electrons. The van der Waals surface area contributed by atoms with Gasteiger partial charge in [0.15, 0.2) is 0 Å². The summed E-state index contributed by atoms with van der Waals surface area (Å²) in [6.45, 7) is 13.2. The van der Waals surface area contributed by atoms with E-state index in [-0.39, 0.29) is 42.8 Å². The zero-order valence-corrected chi connectivity index (χ0v) is 29.8. The summed E-state index contributed by atoms with van der Waals surface area (Å²) in [6.07, 6.45) is 3.30. The number of hydrogen-bond acceptors (Lipinski definition) is 9. The molecule has 8 atom stereocenters. The summed E-state index contributed by atoms with van der Waals surface area (Å²) < 4.78 is 18.3. The van der Waals surface area contributed by atoms with Crippen LogP contribution in [0.15, 0.2) is 55.6 Å². The zero-order chi connectivity index (χ0) is 35.1. The first kappa shape index (κ1) is 37.2. The van der Waals surface area contributed by atoms with Crippen molar-refractivity contribution in [2.75, 3.05) is 59.1 Å². The summed E-state index contributed by atoms with van der Waals surface area (Å²) in [5.41, 5.74) is -0.619. The highest BCUT2D eigenvalue weighted by Crippen LogP contribution is 2.61. The lowest BCUT2D eigenvalue weighted by molar-refractivity contribution is -0.161. The largest absolute Gasteiger partial charge is 0.455 e. The van der Waals surface area contributed by atoms with Gasteiger partial charge in [0, 0.05) is 44.0 Å². The maximum absolute atomic E-state index is 14.7. The topological polar surface area (TPSA) is 138 Å². The van der Waals surface area contributed by atoms with Crippen molar-refractivity contribution < 1.29 is 38.5 Å². The first-order chi connectivity index (χ1) is 23.7. The third kappa shape index (κ3) is 7.65. The molecule has 4 saturated heterocycles. The van der Waals surface area contributed by atoms with Crippen LogP contribution in [0.4, 0.5) is 0 Å². The van der Waals surface area contributed by atoms with Crippen molar-refractivity contribution in [2.24, 2.45) is 11.8 Å². The Hall–Kier alpha value is -3.10. The molecule has 2 N–H and O–H groups in total. The van der Waals surface area contributed by atoms with Crippen molar-refractivity contribution in [3.05, 3.63) is 61.2 Å². The second-order valence-corrected chi connectivity index (χ2v) is 14.3. The van der Waals surface area contributed by atoms with Crippen LogP contribution < -0.4 is 5.32 Å². The first-order valence-corrected chi connectivity index (χ1v) is 18.2. The number of alkyl halides is 1. The van der Waals surface area contributed by atoms with Crippen molar-refractivity contribution in [1.29, 1.82) is 0 Å². The number of ether oxygens (including phenoxy) is 3. The minimum Gasteiger partial charge on any atom is -0.455 e. The van der Waals surface area contributed by atoms with E-state index in [0.29, 0.717) is 51.1 Å². The molecule has 1 aromatic rings. The van der Waals surface area contributed by atoms with Crippen LogP contribution in [0.1, 0.15) is 44.3 Å². The number of fused-ring (bicyclic) bond motifs is 1. The highest BCUT2D eigenvalue weighted by atomic mass is 79.9. The van der Waals surface area contributed by atoms with E-state index in [9.17, 15) is 24.3 Å². The van der Waals surface area contributed by atoms with Crippen LogP contribution in [0.25, 0.3) is 0 Å². The molecule has 0 aliphatic carbocycles. The fourth-order valence-corrected chi connectivity index (χ4v) is 8.72. The number of nitrogens with zero attached hydrogens (tertiary/aromatic N) is 3. The fraction of sp³-hybridized carbons (Fsp3) is 0.611. The number of carbonyl (C=O) groups is 4. The van der Waals surface area contributed by atoms with Gasteiger partial charge in [0.1, 0.15) is 17.7 Å². The lowest BCUT2D eigenvalue weighted by Crippen LogP contribution is -2.59. The Balaban J connectivity index is 1.44. The van der Waals surface area contributed by atoms with Crippen molar-refractivity contribution in [2.45, 2.75) is 67.3 Å². The number of aliphatic hydroxyl groups excluding tert-OH is 1. The lowest BCUT2D eigenvalue weighted by atomic mass is 9.70. The molecule has 5 rings (SSSR count). The number of halogens is 1. The Morgan fingerprint density at radius 2 is 1.94 bits per heavy atom. The van der Waals surface area contributed by atoms with E-state index < -0.39 is 53.6 Å². The van der Waals surface area contributed by atoms with E-state index >= 15 is 0 Å². The van der Waals surface area contributed by atoms with E-state index in [4.69, 9.17) is 14.2 Å². The van der Waals surface area contributed by atoms with Crippen molar-refractivity contribution in [3.63, 3.8) is 0 Å². The minimum atomic E-state index is -1.31. The molecule has 0 saturated carbocycles. The van der Waals surface area contributed by atoms with E-state index in [1.54, 1.807) is 17.1 Å². The van der Waals surface area contributed by atoms with E-state index in [1.807, 2.05) is 37.3 Å². The molecule has 1 spiro atoms. The van der Waals surface area contributed by atoms with Crippen LogP contribution in [0.3, 0.4) is 0 Å². The molecule has 13 heteroatoms. The van der Waals surface area contributed by atoms with Crippen LogP contribution in [0, 0.1) is 11.8 Å². The molecule has 0 aromatic heterocycles. The number of rotatable bonds is 17. The molecular weight excluding hydrogens is 696 g/mol. The lowest BCUT2D eigenvalue weighted by Gasteiger charge is -2.39. The second-order valence-electron chi connectivity index (χ2n) is 13.1. The maximum atomic E-state index is 14.7. The molecule has 12 nitrogen and oxygen atoms in total. The SMILES string of the molecule is C=CCCC(=O)NC[C@@H](OC(=O)[C@@H]1[C@H]2O[C@@]3(CC2Br)[C@H](C(=O)N(CC=C)CCN2CCOCC2)N([C@@H](CC)CO)C(=O)[C@@H]13)c1ccccc1. The molecule has 2 bridgehead atoms. The van der Waals surface area contributed by atoms with Gasteiger partial charge in [0.25, 0.3) is 0 Å². The molecule has 49 heavy (non-hydrogen) atoms. The molecule has 4 aliphatic heterocycles. The number of benzene rings is 1. The normalized spacial score (nSPS) is 28.8. The van der Waals surface area contributed by atoms with Gasteiger partial charge in [-0.3, -0.25) is 24.1 Å². The number of esters is 1. The molecular formula is C36H49BrN4O8. The monoisotopic (exact) mass is 744 g/mol. The molecule has 4 heterocycles. The van der Waals surface area contributed by atoms with Gasteiger partial charge in [0.2, 0.25) is 17.7 Å². The van der Waals surface area contributed by atoms with Gasteiger partial charge in [-0.2, -0.15) is 0 Å². The number of likely N-dealkylation sites (tertiary alicyclic amines) is 1. The molecule has 3 amide bonds. The van der Waals surface area contributed by atoms with Crippen LogP contribution in [-0.2, 0) is 33.4 Å². The molecule has 1 aromatic carbocycles. The van der Waals surface area contributed by atoms with Crippen LogP contribution >= 0.6 is 15.9 Å². The zero-order valence-electron chi connectivity index (χ0n) is 28.2. The molecule has 4 fully saturated rings. The van der Waals surface area contributed by atoms with E-state index in [1.165, 1.54) is 4.90 Å². The van der Waals surface area contributed by atoms with E-state index in [2.05, 4.69) is 39.3 Å². The Morgan fingerprint density at radius 3 is 2.59 bits per heavy atom. The number of morpholine rings is 1. The van der Waals surface area contributed by atoms with Gasteiger partial charge in [-0.1, -0.05) is 65.3 Å².